The first-order valence-corrected chi connectivity index (χ1v) is 12.0. The van der Waals surface area contributed by atoms with E-state index in [2.05, 4.69) is 13.0 Å². The minimum absolute atomic E-state index is 0.884. The number of rotatable bonds is 3. The normalized spacial score (nSPS) is 37.0. The van der Waals surface area contributed by atoms with E-state index in [0.717, 1.165) is 35.5 Å². The quantitative estimate of drug-likeness (QED) is 0.457. The van der Waals surface area contributed by atoms with Gasteiger partial charge >= 0.3 is 0 Å². The summed E-state index contributed by atoms with van der Waals surface area (Å²) in [6.07, 6.45) is 27.2. The Morgan fingerprint density at radius 1 is 0.640 bits per heavy atom. The average molecular weight is 343 g/mol. The predicted octanol–water partition coefficient (Wildman–Crippen LogP) is 7.93. The van der Waals surface area contributed by atoms with Crippen LogP contribution in [-0.2, 0) is 0 Å². The molecule has 4 aliphatic carbocycles. The third kappa shape index (κ3) is 4.19. The van der Waals surface area contributed by atoms with Gasteiger partial charge in [-0.05, 0) is 67.6 Å². The van der Waals surface area contributed by atoms with Crippen molar-refractivity contribution in [3.63, 3.8) is 0 Å². The number of allylic oxidation sites excluding steroid dienone is 2. The van der Waals surface area contributed by atoms with Gasteiger partial charge in [-0.3, -0.25) is 0 Å². The second-order valence-electron chi connectivity index (χ2n) is 10.2. The maximum atomic E-state index is 2.93. The molecule has 0 amide bonds. The molecule has 0 saturated heterocycles. The van der Waals surface area contributed by atoms with Gasteiger partial charge in [-0.25, -0.2) is 0 Å². The minimum Gasteiger partial charge on any atom is -0.0811 e. The first-order valence-electron chi connectivity index (χ1n) is 12.0. The number of hydrogen-bond donors (Lipinski definition) is 0. The van der Waals surface area contributed by atoms with E-state index >= 15 is 0 Å². The summed E-state index contributed by atoms with van der Waals surface area (Å²) in [5.41, 5.74) is 1.93. The van der Waals surface area contributed by atoms with Crippen LogP contribution in [0.2, 0.25) is 0 Å². The highest BCUT2D eigenvalue weighted by Gasteiger charge is 2.40. The molecule has 3 saturated carbocycles. The fraction of sp³-hybridized carbons (Fsp3) is 0.920. The Balaban J connectivity index is 1.57. The Hall–Kier alpha value is -0.260. The third-order valence-electron chi connectivity index (χ3n) is 8.60. The van der Waals surface area contributed by atoms with Crippen molar-refractivity contribution in [1.29, 1.82) is 0 Å². The molecule has 0 nitrogen and oxygen atoms in total. The van der Waals surface area contributed by atoms with Gasteiger partial charge in [0.25, 0.3) is 0 Å². The van der Waals surface area contributed by atoms with E-state index < -0.39 is 0 Å². The zero-order valence-electron chi connectivity index (χ0n) is 16.9. The molecule has 0 heterocycles. The van der Waals surface area contributed by atoms with Crippen LogP contribution in [0.25, 0.3) is 0 Å². The highest BCUT2D eigenvalue weighted by molar-refractivity contribution is 5.18. The Kier molecular flexibility index (Phi) is 6.25. The smallest absolute Gasteiger partial charge is 0.0171 e. The summed E-state index contributed by atoms with van der Waals surface area (Å²) in [5.74, 6) is 5.93. The molecule has 142 valence electrons. The van der Waals surface area contributed by atoms with Crippen LogP contribution in [-0.4, -0.2) is 0 Å². The SMILES string of the molecule is CC1CC(C2CCCCC2)C(C2CCCCC2)C=C1C1CCCCC1. The van der Waals surface area contributed by atoms with E-state index in [0.29, 0.717) is 0 Å². The standard InChI is InChI=1S/C25H42/c1-19-17-24(21-13-7-3-8-14-21)25(22-15-9-4-10-16-22)18-23(19)20-11-5-2-6-12-20/h18-22,24-25H,2-17H2,1H3. The van der Waals surface area contributed by atoms with E-state index in [4.69, 9.17) is 0 Å². The predicted molar refractivity (Wildman–Crippen MR) is 109 cm³/mol. The molecule has 0 aliphatic heterocycles. The van der Waals surface area contributed by atoms with Crippen LogP contribution >= 0.6 is 0 Å². The van der Waals surface area contributed by atoms with Crippen LogP contribution in [0.5, 0.6) is 0 Å². The highest BCUT2D eigenvalue weighted by Crippen LogP contribution is 2.50. The molecule has 3 unspecified atom stereocenters. The second kappa shape index (κ2) is 8.62. The molecule has 0 aromatic heterocycles. The maximum absolute atomic E-state index is 2.93. The van der Waals surface area contributed by atoms with Crippen LogP contribution in [0, 0.1) is 35.5 Å². The first kappa shape index (κ1) is 18.1. The van der Waals surface area contributed by atoms with Crippen molar-refractivity contribution >= 4 is 0 Å². The largest absolute Gasteiger partial charge is 0.0811 e. The van der Waals surface area contributed by atoms with Crippen molar-refractivity contribution in [2.45, 2.75) is 110 Å². The van der Waals surface area contributed by atoms with E-state index in [1.54, 1.807) is 12.8 Å². The summed E-state index contributed by atoms with van der Waals surface area (Å²) < 4.78 is 0. The zero-order chi connectivity index (χ0) is 17.1. The minimum atomic E-state index is 0.884. The lowest BCUT2D eigenvalue weighted by atomic mass is 9.59. The average Bonchev–Trinajstić information content (AvgIpc) is 2.70. The van der Waals surface area contributed by atoms with E-state index in [1.807, 2.05) is 5.57 Å². The van der Waals surface area contributed by atoms with Gasteiger partial charge in [-0.2, -0.15) is 0 Å². The van der Waals surface area contributed by atoms with Gasteiger partial charge in [0.05, 0.1) is 0 Å². The first-order chi connectivity index (χ1) is 12.3. The van der Waals surface area contributed by atoms with Crippen LogP contribution < -0.4 is 0 Å². The van der Waals surface area contributed by atoms with E-state index in [9.17, 15) is 0 Å². The van der Waals surface area contributed by atoms with Gasteiger partial charge in [0, 0.05) is 0 Å². The lowest BCUT2D eigenvalue weighted by molar-refractivity contribution is 0.106. The molecule has 3 atom stereocenters. The summed E-state index contributed by atoms with van der Waals surface area (Å²) >= 11 is 0. The van der Waals surface area contributed by atoms with Crippen molar-refractivity contribution in [3.8, 4) is 0 Å². The van der Waals surface area contributed by atoms with Crippen LogP contribution in [0.3, 0.4) is 0 Å². The summed E-state index contributed by atoms with van der Waals surface area (Å²) in [4.78, 5) is 0. The zero-order valence-corrected chi connectivity index (χ0v) is 16.9. The Labute approximate surface area is 157 Å². The molecule has 4 aliphatic rings. The van der Waals surface area contributed by atoms with Gasteiger partial charge in [0.1, 0.15) is 0 Å². The molecule has 4 rings (SSSR count). The Morgan fingerprint density at radius 3 is 1.76 bits per heavy atom. The van der Waals surface area contributed by atoms with Crippen molar-refractivity contribution in [1.82, 2.24) is 0 Å². The fourth-order valence-electron chi connectivity index (χ4n) is 7.26. The van der Waals surface area contributed by atoms with Crippen LogP contribution in [0.4, 0.5) is 0 Å². The van der Waals surface area contributed by atoms with Gasteiger partial charge in [0.2, 0.25) is 0 Å². The summed E-state index contributed by atoms with van der Waals surface area (Å²) in [5, 5.41) is 0. The lowest BCUT2D eigenvalue weighted by Crippen LogP contribution is -2.36. The van der Waals surface area contributed by atoms with Crippen LogP contribution in [0.15, 0.2) is 11.6 Å². The highest BCUT2D eigenvalue weighted by atomic mass is 14.4. The molecule has 0 N–H and O–H groups in total. The monoisotopic (exact) mass is 342 g/mol. The van der Waals surface area contributed by atoms with Gasteiger partial charge in [-0.15, -0.1) is 0 Å². The molecule has 0 radical (unpaired) electrons. The summed E-state index contributed by atoms with van der Waals surface area (Å²) in [6, 6.07) is 0. The van der Waals surface area contributed by atoms with Crippen LogP contribution in [0.1, 0.15) is 110 Å². The second-order valence-corrected chi connectivity index (χ2v) is 10.2. The van der Waals surface area contributed by atoms with Gasteiger partial charge in [-0.1, -0.05) is 89.2 Å². The molecule has 0 spiro atoms. The third-order valence-corrected chi connectivity index (χ3v) is 8.60. The summed E-state index contributed by atoms with van der Waals surface area (Å²) in [7, 11) is 0. The van der Waals surface area contributed by atoms with Crippen molar-refractivity contribution in [2.24, 2.45) is 35.5 Å². The molecule has 25 heavy (non-hydrogen) atoms. The van der Waals surface area contributed by atoms with Gasteiger partial charge in [0.15, 0.2) is 0 Å². The topological polar surface area (TPSA) is 0 Å². The summed E-state index contributed by atoms with van der Waals surface area (Å²) in [6.45, 7) is 2.59. The Morgan fingerprint density at radius 2 is 1.16 bits per heavy atom. The molecule has 0 heteroatoms. The molecule has 0 aromatic rings. The molecule has 0 bridgehead atoms. The van der Waals surface area contributed by atoms with Gasteiger partial charge < -0.3 is 0 Å². The maximum Gasteiger partial charge on any atom is -0.0171 e. The molecular formula is C25H42. The fourth-order valence-corrected chi connectivity index (χ4v) is 7.26. The molecule has 3 fully saturated rings. The Bertz CT molecular complexity index is 429. The van der Waals surface area contributed by atoms with Crippen molar-refractivity contribution in [2.75, 3.05) is 0 Å². The molecule has 0 aromatic carbocycles. The lowest BCUT2D eigenvalue weighted by Gasteiger charge is -2.46. The van der Waals surface area contributed by atoms with E-state index in [-0.39, 0.29) is 0 Å². The molecular weight excluding hydrogens is 300 g/mol. The van der Waals surface area contributed by atoms with E-state index in [1.165, 1.54) is 89.9 Å². The van der Waals surface area contributed by atoms with Crippen molar-refractivity contribution in [3.05, 3.63) is 11.6 Å². The number of hydrogen-bond acceptors (Lipinski definition) is 0. The van der Waals surface area contributed by atoms with Crippen molar-refractivity contribution < 1.29 is 0 Å².